The third kappa shape index (κ3) is 3.14. The molecule has 2 heterocycles. The van der Waals surface area contributed by atoms with Crippen LogP contribution in [0.5, 0.6) is 0 Å². The molecule has 0 aliphatic carbocycles. The lowest BCUT2D eigenvalue weighted by Crippen LogP contribution is -2.38. The van der Waals surface area contributed by atoms with Gasteiger partial charge in [0.25, 0.3) is 23.6 Å². The highest BCUT2D eigenvalue weighted by molar-refractivity contribution is 6.48. The summed E-state index contributed by atoms with van der Waals surface area (Å²) >= 11 is 0. The fourth-order valence-corrected chi connectivity index (χ4v) is 11.2. The van der Waals surface area contributed by atoms with Crippen LogP contribution in [-0.4, -0.2) is 47.5 Å². The maximum atomic E-state index is 14.0. The minimum absolute atomic E-state index is 0.248. The van der Waals surface area contributed by atoms with E-state index < -0.39 is 0 Å². The number of nitrogens with zero attached hydrogens (tertiary/aromatic N) is 2. The van der Waals surface area contributed by atoms with Crippen LogP contribution in [0.25, 0.3) is 75.4 Å². The number of benzene rings is 8. The fourth-order valence-electron chi connectivity index (χ4n) is 11.2. The maximum Gasteiger partial charge on any atom is 0.261 e. The SMILES string of the molecule is Cc1c2c3c(c(C)c(C)c4c5c(C)c(C)c6c7c(C)c(C)c8c9c(c(C)c(C)c(c%10c(C)c(C)c(c(c1C)c34)c5c%106)c97)C(=O)N(C)C8=O)C(=O)N(C)C2=O. The zero-order valence-corrected chi connectivity index (χ0v) is 33.5. The van der Waals surface area contributed by atoms with Gasteiger partial charge in [0.1, 0.15) is 0 Å². The van der Waals surface area contributed by atoms with E-state index in [0.717, 1.165) is 110 Å². The number of carbonyl (C=O) groups excluding carboxylic acids is 4. The zero-order chi connectivity index (χ0) is 38.8. The summed E-state index contributed by atoms with van der Waals surface area (Å²) in [5, 5.41) is 15.1. The van der Waals surface area contributed by atoms with Crippen LogP contribution < -0.4 is 0 Å². The Morgan fingerprint density at radius 1 is 0.222 bits per heavy atom. The molecule has 0 atom stereocenters. The molecule has 4 amide bonds. The normalized spacial score (nSPS) is 14.9. The molecule has 54 heavy (non-hydrogen) atoms. The Morgan fingerprint density at radius 3 is 0.556 bits per heavy atom. The van der Waals surface area contributed by atoms with Crippen LogP contribution in [0.4, 0.5) is 0 Å². The number of hydrogen-bond donors (Lipinski definition) is 0. The molecule has 0 aromatic heterocycles. The first kappa shape index (κ1) is 33.0. The van der Waals surface area contributed by atoms with Gasteiger partial charge in [-0.1, -0.05) is 0 Å². The maximum absolute atomic E-state index is 14.0. The lowest BCUT2D eigenvalue weighted by atomic mass is 9.72. The minimum Gasteiger partial charge on any atom is -0.277 e. The molecule has 0 radical (unpaired) electrons. The predicted molar refractivity (Wildman–Crippen MR) is 221 cm³/mol. The van der Waals surface area contributed by atoms with E-state index in [9.17, 15) is 19.2 Å². The first-order valence-electron chi connectivity index (χ1n) is 18.9. The van der Waals surface area contributed by atoms with Crippen molar-refractivity contribution in [2.75, 3.05) is 14.1 Å². The van der Waals surface area contributed by atoms with Crippen molar-refractivity contribution >= 4 is 99.0 Å². The first-order valence-corrected chi connectivity index (χ1v) is 18.9. The number of rotatable bonds is 0. The van der Waals surface area contributed by atoms with Crippen LogP contribution in [0.15, 0.2) is 0 Å². The van der Waals surface area contributed by atoms with E-state index in [1.54, 1.807) is 14.1 Å². The quantitative estimate of drug-likeness (QED) is 0.0892. The monoisotopic (exact) mass is 710 g/mol. The first-order chi connectivity index (χ1) is 25.4. The Labute approximate surface area is 313 Å². The van der Waals surface area contributed by atoms with Crippen LogP contribution >= 0.6 is 0 Å². The topological polar surface area (TPSA) is 74.8 Å². The van der Waals surface area contributed by atoms with Crippen molar-refractivity contribution < 1.29 is 19.2 Å². The van der Waals surface area contributed by atoms with Gasteiger partial charge in [-0.15, -0.1) is 0 Å². The predicted octanol–water partition coefficient (Wildman–Crippen LogP) is 10.8. The van der Waals surface area contributed by atoms with Gasteiger partial charge in [-0.3, -0.25) is 29.0 Å². The second-order valence-corrected chi connectivity index (χ2v) is 16.6. The van der Waals surface area contributed by atoms with Crippen LogP contribution in [-0.2, 0) is 0 Å². The number of carbonyl (C=O) groups is 4. The Hall–Kier alpha value is -5.62. The van der Waals surface area contributed by atoms with E-state index in [4.69, 9.17) is 0 Å². The van der Waals surface area contributed by atoms with Gasteiger partial charge in [0.05, 0.1) is 22.3 Å². The molecule has 2 aliphatic rings. The number of amides is 4. The summed E-state index contributed by atoms with van der Waals surface area (Å²) in [4.78, 5) is 58.7. The van der Waals surface area contributed by atoms with E-state index in [1.807, 2.05) is 27.7 Å². The third-order valence-electron chi connectivity index (χ3n) is 14.7. The lowest BCUT2D eigenvalue weighted by molar-refractivity contribution is 0.0634. The molecule has 6 heteroatoms. The van der Waals surface area contributed by atoms with Crippen LogP contribution in [0.2, 0.25) is 0 Å². The van der Waals surface area contributed by atoms with Crippen molar-refractivity contribution in [1.29, 1.82) is 0 Å². The van der Waals surface area contributed by atoms with Crippen molar-refractivity contribution in [3.8, 4) is 0 Å². The van der Waals surface area contributed by atoms with E-state index >= 15 is 0 Å². The van der Waals surface area contributed by atoms with Gasteiger partial charge < -0.3 is 0 Å². The molecule has 2 aliphatic heterocycles. The Morgan fingerprint density at radius 2 is 0.370 bits per heavy atom. The molecular formula is C48H42N2O4. The molecule has 0 saturated heterocycles. The summed E-state index contributed by atoms with van der Waals surface area (Å²) in [5.74, 6) is -0.992. The smallest absolute Gasteiger partial charge is 0.261 e. The van der Waals surface area contributed by atoms with Gasteiger partial charge in [-0.25, -0.2) is 0 Å². The lowest BCUT2D eigenvalue weighted by Gasteiger charge is -2.34. The summed E-state index contributed by atoms with van der Waals surface area (Å²) in [6, 6.07) is 0. The van der Waals surface area contributed by atoms with Gasteiger partial charge in [0, 0.05) is 24.9 Å². The molecular weight excluding hydrogens is 669 g/mol. The summed E-state index contributed by atoms with van der Waals surface area (Å²) in [6.45, 7) is 25.6. The van der Waals surface area contributed by atoms with E-state index in [1.165, 1.54) is 42.1 Å². The molecule has 0 unspecified atom stereocenters. The summed E-state index contributed by atoms with van der Waals surface area (Å²) in [7, 11) is 3.19. The van der Waals surface area contributed by atoms with Crippen LogP contribution in [0.1, 0.15) is 108 Å². The van der Waals surface area contributed by atoms with Gasteiger partial charge in [-0.05, 0) is 214 Å². The van der Waals surface area contributed by atoms with Crippen LogP contribution in [0, 0.1) is 83.1 Å². The van der Waals surface area contributed by atoms with Crippen molar-refractivity contribution in [3.63, 3.8) is 0 Å². The number of imide groups is 2. The number of fused-ring (bicyclic) bond motifs is 4. The molecule has 0 fully saturated rings. The summed E-state index contributed by atoms with van der Waals surface area (Å²) in [6.07, 6.45) is 0. The molecule has 268 valence electrons. The standard InChI is InChI=1S/C48H42N2O4/c1-15-16(2)28-32-20(6)24(10)37-44-38(48(54)50(14)47(37)53)26(12)22(8)34(42(32)44)30-18(4)17(3)29-33-21(7)25(11)36-43-35(45(51)49(13)46(36)52)23(9)19(5)31(41(33)43)27(15)39(29)40(28)30/h1-14H3. The van der Waals surface area contributed by atoms with Gasteiger partial charge in [-0.2, -0.15) is 0 Å². The van der Waals surface area contributed by atoms with Crippen molar-refractivity contribution in [3.05, 3.63) is 89.0 Å². The number of aryl methyl sites for hydroxylation is 8. The second kappa shape index (κ2) is 9.72. The molecule has 8 aromatic carbocycles. The molecule has 0 N–H and O–H groups in total. The Kier molecular flexibility index (Phi) is 5.94. The molecule has 0 spiro atoms. The van der Waals surface area contributed by atoms with Crippen LogP contribution in [0.3, 0.4) is 0 Å². The zero-order valence-electron chi connectivity index (χ0n) is 33.5. The fraction of sp³-hybridized carbons (Fsp3) is 0.292. The van der Waals surface area contributed by atoms with E-state index in [0.29, 0.717) is 22.3 Å². The highest BCUT2D eigenvalue weighted by atomic mass is 16.2. The van der Waals surface area contributed by atoms with E-state index in [2.05, 4.69) is 55.4 Å². The minimum atomic E-state index is -0.248. The Bertz CT molecular complexity index is 2900. The van der Waals surface area contributed by atoms with Crippen molar-refractivity contribution in [1.82, 2.24) is 9.80 Å². The van der Waals surface area contributed by atoms with Gasteiger partial charge in [0.2, 0.25) is 0 Å². The average Bonchev–Trinajstić information content (AvgIpc) is 3.14. The highest BCUT2D eigenvalue weighted by Crippen LogP contribution is 2.57. The highest BCUT2D eigenvalue weighted by Gasteiger charge is 2.40. The van der Waals surface area contributed by atoms with Crippen molar-refractivity contribution in [2.24, 2.45) is 0 Å². The third-order valence-corrected chi connectivity index (χ3v) is 14.7. The number of hydrogen-bond acceptors (Lipinski definition) is 4. The second-order valence-electron chi connectivity index (χ2n) is 16.6. The summed E-state index contributed by atoms with van der Waals surface area (Å²) in [5.41, 5.74) is 15.0. The van der Waals surface area contributed by atoms with Gasteiger partial charge >= 0.3 is 0 Å². The largest absolute Gasteiger partial charge is 0.277 e. The Balaban J connectivity index is 1.64. The molecule has 10 rings (SSSR count). The molecule has 8 aromatic rings. The molecule has 0 saturated carbocycles. The summed E-state index contributed by atoms with van der Waals surface area (Å²) < 4.78 is 0. The van der Waals surface area contributed by atoms with E-state index in [-0.39, 0.29) is 23.6 Å². The molecule has 6 nitrogen and oxygen atoms in total. The average molecular weight is 711 g/mol. The molecule has 0 bridgehead atoms. The van der Waals surface area contributed by atoms with Gasteiger partial charge in [0.15, 0.2) is 0 Å². The van der Waals surface area contributed by atoms with Crippen molar-refractivity contribution in [2.45, 2.75) is 83.1 Å².